The van der Waals surface area contributed by atoms with E-state index in [0.717, 1.165) is 12.8 Å². The first-order valence-corrected chi connectivity index (χ1v) is 11.2. The number of nitrogens with zero attached hydrogens (tertiary/aromatic N) is 1. The molecule has 0 unspecified atom stereocenters. The minimum Gasteiger partial charge on any atom is -0.494 e. The number of rotatable bonds is 8. The van der Waals surface area contributed by atoms with Gasteiger partial charge in [0.25, 0.3) is 11.8 Å². The molecule has 1 saturated heterocycles. The van der Waals surface area contributed by atoms with E-state index in [4.69, 9.17) is 15.2 Å². The summed E-state index contributed by atoms with van der Waals surface area (Å²) < 4.78 is 11.0. The first-order valence-electron chi connectivity index (χ1n) is 11.2. The Balaban J connectivity index is 1.67. The zero-order valence-corrected chi connectivity index (χ0v) is 19.3. The molecule has 2 aliphatic rings. The Labute approximate surface area is 197 Å². The van der Waals surface area contributed by atoms with Crippen LogP contribution in [0.3, 0.4) is 0 Å². The summed E-state index contributed by atoms with van der Waals surface area (Å²) in [5.74, 6) is -0.704. The number of aromatic nitrogens is 1. The van der Waals surface area contributed by atoms with Gasteiger partial charge in [-0.25, -0.2) is 0 Å². The van der Waals surface area contributed by atoms with Crippen molar-refractivity contribution in [1.82, 2.24) is 15.6 Å². The van der Waals surface area contributed by atoms with Gasteiger partial charge in [-0.15, -0.1) is 0 Å². The Morgan fingerprint density at radius 2 is 1.85 bits per heavy atom. The number of pyridine rings is 1. The van der Waals surface area contributed by atoms with Crippen LogP contribution in [0.2, 0.25) is 0 Å². The molecule has 10 heteroatoms. The molecule has 1 aromatic carbocycles. The van der Waals surface area contributed by atoms with E-state index in [1.54, 1.807) is 24.3 Å². The van der Waals surface area contributed by atoms with Crippen LogP contribution in [0.4, 0.5) is 11.4 Å². The van der Waals surface area contributed by atoms with Crippen LogP contribution in [0, 0.1) is 0 Å². The van der Waals surface area contributed by atoms with Crippen LogP contribution >= 0.6 is 0 Å². The molecule has 1 aliphatic carbocycles. The monoisotopic (exact) mass is 467 g/mol. The fourth-order valence-corrected chi connectivity index (χ4v) is 4.17. The molecule has 1 saturated carbocycles. The Kier molecular flexibility index (Phi) is 6.69. The van der Waals surface area contributed by atoms with Crippen LogP contribution < -0.4 is 26.4 Å². The number of methoxy groups -OCH3 is 1. The lowest BCUT2D eigenvalue weighted by Crippen LogP contribution is -2.39. The maximum Gasteiger partial charge on any atom is 0.255 e. The second-order valence-electron chi connectivity index (χ2n) is 8.51. The number of primary amides is 1. The summed E-state index contributed by atoms with van der Waals surface area (Å²) in [5, 5.41) is 8.84. The number of ether oxygens (including phenoxy) is 2. The lowest BCUT2D eigenvalue weighted by Gasteiger charge is -2.24. The van der Waals surface area contributed by atoms with Crippen molar-refractivity contribution in [3.8, 4) is 5.75 Å². The third-order valence-corrected chi connectivity index (χ3v) is 6.38. The van der Waals surface area contributed by atoms with Crippen LogP contribution in [0.5, 0.6) is 5.75 Å². The van der Waals surface area contributed by atoms with E-state index in [2.05, 4.69) is 20.9 Å². The topological polar surface area (TPSA) is 145 Å². The molecule has 5 N–H and O–H groups in total. The largest absolute Gasteiger partial charge is 0.494 e. The van der Waals surface area contributed by atoms with Crippen molar-refractivity contribution in [1.29, 1.82) is 0 Å². The number of carbonyl (C=O) groups is 3. The molecular weight excluding hydrogens is 438 g/mol. The van der Waals surface area contributed by atoms with Crippen molar-refractivity contribution < 1.29 is 23.9 Å². The van der Waals surface area contributed by atoms with Gasteiger partial charge in [0, 0.05) is 32.5 Å². The lowest BCUT2D eigenvalue weighted by atomic mass is 9.99. The number of hydrogen-bond acceptors (Lipinski definition) is 7. The Morgan fingerprint density at radius 3 is 2.47 bits per heavy atom. The number of amides is 3. The Morgan fingerprint density at radius 1 is 1.12 bits per heavy atom. The molecule has 2 fully saturated rings. The van der Waals surface area contributed by atoms with Gasteiger partial charge in [0.15, 0.2) is 5.75 Å². The van der Waals surface area contributed by atoms with E-state index < -0.39 is 11.3 Å². The summed E-state index contributed by atoms with van der Waals surface area (Å²) >= 11 is 0. The number of hydrogen-bond donors (Lipinski definition) is 4. The fraction of sp³-hybridized carbons (Fsp3) is 0.417. The van der Waals surface area contributed by atoms with Gasteiger partial charge in [0.05, 0.1) is 40.7 Å². The van der Waals surface area contributed by atoms with Crippen LogP contribution in [0.1, 0.15) is 52.1 Å². The summed E-state index contributed by atoms with van der Waals surface area (Å²) in [5.41, 5.74) is 6.88. The van der Waals surface area contributed by atoms with Crippen LogP contribution in [-0.2, 0) is 14.9 Å². The average Bonchev–Trinajstić information content (AvgIpc) is 3.66. The Bertz CT molecular complexity index is 1110. The molecule has 10 nitrogen and oxygen atoms in total. The molecule has 2 heterocycles. The highest BCUT2D eigenvalue weighted by atomic mass is 16.5. The third-order valence-electron chi connectivity index (χ3n) is 6.38. The molecule has 1 aliphatic heterocycles. The maximum absolute atomic E-state index is 13.0. The molecule has 3 amide bonds. The summed E-state index contributed by atoms with van der Waals surface area (Å²) in [6, 6.07) is 6.86. The molecule has 0 atom stereocenters. The van der Waals surface area contributed by atoms with Gasteiger partial charge in [-0.05, 0) is 43.9 Å². The van der Waals surface area contributed by atoms with E-state index in [9.17, 15) is 14.4 Å². The summed E-state index contributed by atoms with van der Waals surface area (Å²) in [7, 11) is 3.00. The van der Waals surface area contributed by atoms with Crippen LogP contribution in [0.25, 0.3) is 0 Å². The van der Waals surface area contributed by atoms with Crippen molar-refractivity contribution in [2.45, 2.75) is 37.1 Å². The van der Waals surface area contributed by atoms with Gasteiger partial charge in [-0.2, -0.15) is 0 Å². The molecule has 0 spiro atoms. The molecule has 2 aromatic rings. The maximum atomic E-state index is 13.0. The molecule has 180 valence electrons. The van der Waals surface area contributed by atoms with Crippen molar-refractivity contribution in [2.75, 3.05) is 32.7 Å². The number of anilines is 2. The van der Waals surface area contributed by atoms with Crippen LogP contribution in [0.15, 0.2) is 30.5 Å². The normalized spacial score (nSPS) is 16.9. The number of carbonyl (C=O) groups excluding carboxylic acids is 3. The van der Waals surface area contributed by atoms with Crippen molar-refractivity contribution in [2.24, 2.45) is 5.73 Å². The molecular formula is C24H29N5O5. The van der Waals surface area contributed by atoms with Crippen molar-refractivity contribution >= 4 is 29.1 Å². The average molecular weight is 468 g/mol. The van der Waals surface area contributed by atoms with Gasteiger partial charge in [-0.1, -0.05) is 6.07 Å². The zero-order chi connectivity index (χ0) is 24.3. The molecule has 1 aromatic heterocycles. The van der Waals surface area contributed by atoms with Gasteiger partial charge in [0.1, 0.15) is 0 Å². The van der Waals surface area contributed by atoms with Crippen molar-refractivity contribution in [3.63, 3.8) is 0 Å². The number of para-hydroxylation sites is 1. The van der Waals surface area contributed by atoms with Gasteiger partial charge >= 0.3 is 0 Å². The van der Waals surface area contributed by atoms with Crippen molar-refractivity contribution in [3.05, 3.63) is 47.3 Å². The molecule has 4 rings (SSSR count). The quantitative estimate of drug-likeness (QED) is 0.462. The first-order chi connectivity index (χ1) is 16.4. The number of nitrogens with one attached hydrogen (secondary N) is 3. The smallest absolute Gasteiger partial charge is 0.255 e. The second-order valence-corrected chi connectivity index (χ2v) is 8.51. The third kappa shape index (κ3) is 4.54. The summed E-state index contributed by atoms with van der Waals surface area (Å²) in [4.78, 5) is 41.9. The highest BCUT2D eigenvalue weighted by Gasteiger charge is 2.51. The number of benzene rings is 1. The summed E-state index contributed by atoms with van der Waals surface area (Å²) in [6.07, 6.45) is 4.15. The minimum absolute atomic E-state index is 0.0358. The standard InChI is InChI=1S/C24H29N5O5/c1-26-21(30)16-13-27-19(24(8-9-24)23(25)32)12-18(16)29-17-5-3-4-15(20(17)33-2)22(31)28-14-6-10-34-11-7-14/h3-5,12-14H,6-11H2,1-2H3,(H2,25,32)(H,26,30)(H,27,29)(H,28,31). The highest BCUT2D eigenvalue weighted by molar-refractivity contribution is 6.02. The summed E-state index contributed by atoms with van der Waals surface area (Å²) in [6.45, 7) is 1.23. The Hall–Kier alpha value is -3.66. The lowest BCUT2D eigenvalue weighted by molar-refractivity contribution is -0.120. The van der Waals surface area contributed by atoms with Gasteiger partial charge in [0.2, 0.25) is 5.91 Å². The van der Waals surface area contributed by atoms with E-state index >= 15 is 0 Å². The molecule has 0 radical (unpaired) electrons. The molecule has 0 bridgehead atoms. The zero-order valence-electron chi connectivity index (χ0n) is 19.3. The van der Waals surface area contributed by atoms with E-state index in [-0.39, 0.29) is 23.4 Å². The molecule has 34 heavy (non-hydrogen) atoms. The van der Waals surface area contributed by atoms with Gasteiger partial charge < -0.3 is 31.2 Å². The van der Waals surface area contributed by atoms with Crippen LogP contribution in [-0.4, -0.2) is 56.1 Å². The predicted octanol–water partition coefficient (Wildman–Crippen LogP) is 1.62. The second kappa shape index (κ2) is 9.68. The minimum atomic E-state index is -0.812. The first kappa shape index (κ1) is 23.5. The highest BCUT2D eigenvalue weighted by Crippen LogP contribution is 2.48. The van der Waals surface area contributed by atoms with E-state index in [1.807, 2.05) is 0 Å². The fourth-order valence-electron chi connectivity index (χ4n) is 4.17. The van der Waals surface area contributed by atoms with Gasteiger partial charge in [-0.3, -0.25) is 19.4 Å². The number of nitrogens with two attached hydrogens (primary N) is 1. The predicted molar refractivity (Wildman–Crippen MR) is 125 cm³/mol. The SMILES string of the molecule is CNC(=O)c1cnc(C2(C(N)=O)CC2)cc1Nc1cccc(C(=O)NC2CCOCC2)c1OC. The van der Waals surface area contributed by atoms with E-state index in [0.29, 0.717) is 54.4 Å². The van der Waals surface area contributed by atoms with E-state index in [1.165, 1.54) is 20.4 Å².